The lowest BCUT2D eigenvalue weighted by atomic mass is 10.0. The standard InChI is InChI=1S/C16H23N3O/c1-17-12(10-13-6-5-9-20-13)11-15-14-7-3-4-8-16(14)19(2)18-15/h3-4,7-8,12-13,17H,5-6,9-11H2,1-2H3. The molecule has 2 heterocycles. The van der Waals surface area contributed by atoms with Crippen molar-refractivity contribution in [2.75, 3.05) is 13.7 Å². The van der Waals surface area contributed by atoms with Crippen LogP contribution in [0.1, 0.15) is 25.0 Å². The molecule has 0 bridgehead atoms. The summed E-state index contributed by atoms with van der Waals surface area (Å²) in [7, 11) is 4.05. The molecule has 3 rings (SSSR count). The fourth-order valence-corrected chi connectivity index (χ4v) is 3.12. The van der Waals surface area contributed by atoms with Crippen molar-refractivity contribution in [1.29, 1.82) is 0 Å². The van der Waals surface area contributed by atoms with Gasteiger partial charge in [-0.1, -0.05) is 18.2 Å². The summed E-state index contributed by atoms with van der Waals surface area (Å²) in [6, 6.07) is 8.87. The quantitative estimate of drug-likeness (QED) is 0.908. The van der Waals surface area contributed by atoms with E-state index in [2.05, 4.69) is 34.7 Å². The molecule has 1 N–H and O–H groups in total. The zero-order chi connectivity index (χ0) is 13.9. The van der Waals surface area contributed by atoms with Crippen LogP contribution in [0.5, 0.6) is 0 Å². The molecular weight excluding hydrogens is 250 g/mol. The van der Waals surface area contributed by atoms with Gasteiger partial charge in [0.2, 0.25) is 0 Å². The Balaban J connectivity index is 1.76. The Hall–Kier alpha value is -1.39. The number of aromatic nitrogens is 2. The molecule has 0 spiro atoms. The van der Waals surface area contributed by atoms with Crippen molar-refractivity contribution in [3.63, 3.8) is 0 Å². The number of benzene rings is 1. The smallest absolute Gasteiger partial charge is 0.0718 e. The normalized spacial score (nSPS) is 20.6. The van der Waals surface area contributed by atoms with Crippen molar-refractivity contribution in [1.82, 2.24) is 15.1 Å². The van der Waals surface area contributed by atoms with Crippen LogP contribution in [0.25, 0.3) is 10.9 Å². The second-order valence-corrected chi connectivity index (χ2v) is 5.65. The molecular formula is C16H23N3O. The van der Waals surface area contributed by atoms with Crippen molar-refractivity contribution >= 4 is 10.9 Å². The predicted octanol–water partition coefficient (Wildman–Crippen LogP) is 2.27. The third-order valence-corrected chi connectivity index (χ3v) is 4.25. The topological polar surface area (TPSA) is 39.1 Å². The lowest BCUT2D eigenvalue weighted by Gasteiger charge is -2.19. The number of fused-ring (bicyclic) bond motifs is 1. The molecule has 1 fully saturated rings. The van der Waals surface area contributed by atoms with Gasteiger partial charge in [-0.15, -0.1) is 0 Å². The average Bonchev–Trinajstić information content (AvgIpc) is 3.08. The minimum absolute atomic E-state index is 0.419. The maximum Gasteiger partial charge on any atom is 0.0718 e. The predicted molar refractivity (Wildman–Crippen MR) is 80.9 cm³/mol. The third kappa shape index (κ3) is 2.72. The van der Waals surface area contributed by atoms with Gasteiger partial charge in [0.1, 0.15) is 0 Å². The molecule has 4 nitrogen and oxygen atoms in total. The van der Waals surface area contributed by atoms with Gasteiger partial charge in [0.05, 0.1) is 17.3 Å². The van der Waals surface area contributed by atoms with Gasteiger partial charge in [-0.05, 0) is 32.4 Å². The van der Waals surface area contributed by atoms with Gasteiger partial charge in [-0.25, -0.2) is 0 Å². The van der Waals surface area contributed by atoms with E-state index < -0.39 is 0 Å². The van der Waals surface area contributed by atoms with Crippen molar-refractivity contribution in [3.8, 4) is 0 Å². The Morgan fingerprint density at radius 1 is 1.45 bits per heavy atom. The molecule has 1 aromatic carbocycles. The summed E-state index contributed by atoms with van der Waals surface area (Å²) in [6.07, 6.45) is 4.84. The Morgan fingerprint density at radius 2 is 2.30 bits per heavy atom. The van der Waals surface area contributed by atoms with E-state index in [4.69, 9.17) is 4.74 Å². The average molecular weight is 273 g/mol. The van der Waals surface area contributed by atoms with Crippen molar-refractivity contribution in [2.45, 2.75) is 37.8 Å². The van der Waals surface area contributed by atoms with E-state index in [-0.39, 0.29) is 0 Å². The summed E-state index contributed by atoms with van der Waals surface area (Å²) < 4.78 is 7.73. The van der Waals surface area contributed by atoms with Crippen LogP contribution >= 0.6 is 0 Å². The molecule has 108 valence electrons. The number of nitrogens with zero attached hydrogens (tertiary/aromatic N) is 2. The fourth-order valence-electron chi connectivity index (χ4n) is 3.12. The second kappa shape index (κ2) is 5.94. The molecule has 2 aromatic rings. The molecule has 0 radical (unpaired) electrons. The summed E-state index contributed by atoms with van der Waals surface area (Å²) in [5, 5.41) is 9.38. The first-order valence-electron chi connectivity index (χ1n) is 7.47. The molecule has 2 unspecified atom stereocenters. The van der Waals surface area contributed by atoms with Crippen LogP contribution < -0.4 is 5.32 Å². The van der Waals surface area contributed by atoms with E-state index in [0.717, 1.165) is 19.4 Å². The van der Waals surface area contributed by atoms with Crippen LogP contribution in [0, 0.1) is 0 Å². The van der Waals surface area contributed by atoms with E-state index in [1.165, 1.54) is 29.4 Å². The van der Waals surface area contributed by atoms with Crippen LogP contribution in [-0.2, 0) is 18.2 Å². The van der Waals surface area contributed by atoms with Crippen LogP contribution in [0.4, 0.5) is 0 Å². The van der Waals surface area contributed by atoms with E-state index in [9.17, 15) is 0 Å². The highest BCUT2D eigenvalue weighted by molar-refractivity contribution is 5.81. The zero-order valence-electron chi connectivity index (χ0n) is 12.3. The Kier molecular flexibility index (Phi) is 4.03. The van der Waals surface area contributed by atoms with Gasteiger partial charge in [-0.3, -0.25) is 4.68 Å². The summed E-state index contributed by atoms with van der Waals surface area (Å²) in [5.41, 5.74) is 2.38. The van der Waals surface area contributed by atoms with Gasteiger partial charge in [-0.2, -0.15) is 5.10 Å². The Bertz CT molecular complexity index is 572. The largest absolute Gasteiger partial charge is 0.378 e. The number of ether oxygens (including phenoxy) is 1. The highest BCUT2D eigenvalue weighted by atomic mass is 16.5. The van der Waals surface area contributed by atoms with Crippen molar-refractivity contribution in [2.24, 2.45) is 7.05 Å². The minimum atomic E-state index is 0.419. The molecule has 0 saturated carbocycles. The number of aryl methyl sites for hydroxylation is 1. The van der Waals surface area contributed by atoms with Crippen LogP contribution in [0.15, 0.2) is 24.3 Å². The number of rotatable bonds is 5. The van der Waals surface area contributed by atoms with Gasteiger partial charge >= 0.3 is 0 Å². The highest BCUT2D eigenvalue weighted by Crippen LogP contribution is 2.22. The lowest BCUT2D eigenvalue weighted by Crippen LogP contribution is -2.31. The van der Waals surface area contributed by atoms with Crippen molar-refractivity contribution in [3.05, 3.63) is 30.0 Å². The van der Waals surface area contributed by atoms with E-state index >= 15 is 0 Å². The number of hydrogen-bond acceptors (Lipinski definition) is 3. The molecule has 1 aromatic heterocycles. The molecule has 1 saturated heterocycles. The summed E-state index contributed by atoms with van der Waals surface area (Å²) in [5.74, 6) is 0. The number of likely N-dealkylation sites (N-methyl/N-ethyl adjacent to an activating group) is 1. The number of hydrogen-bond donors (Lipinski definition) is 1. The molecule has 0 amide bonds. The SMILES string of the molecule is CNC(Cc1nn(C)c2ccccc12)CC1CCCO1. The number of para-hydroxylation sites is 1. The van der Waals surface area contributed by atoms with E-state index in [1.54, 1.807) is 0 Å². The first kappa shape index (κ1) is 13.6. The van der Waals surface area contributed by atoms with E-state index in [0.29, 0.717) is 12.1 Å². The van der Waals surface area contributed by atoms with E-state index in [1.807, 2.05) is 18.8 Å². The molecule has 1 aliphatic rings. The fraction of sp³-hybridized carbons (Fsp3) is 0.562. The van der Waals surface area contributed by atoms with Gasteiger partial charge in [0.15, 0.2) is 0 Å². The maximum atomic E-state index is 5.75. The first-order chi connectivity index (χ1) is 9.78. The lowest BCUT2D eigenvalue weighted by molar-refractivity contribution is 0.0953. The zero-order valence-corrected chi connectivity index (χ0v) is 12.3. The molecule has 4 heteroatoms. The number of nitrogens with one attached hydrogen (secondary N) is 1. The van der Waals surface area contributed by atoms with Gasteiger partial charge in [0, 0.05) is 31.5 Å². The van der Waals surface area contributed by atoms with Crippen molar-refractivity contribution < 1.29 is 4.74 Å². The molecule has 2 atom stereocenters. The summed E-state index contributed by atoms with van der Waals surface area (Å²) in [6.45, 7) is 0.924. The molecule has 0 aliphatic carbocycles. The van der Waals surface area contributed by atoms with Gasteiger partial charge in [0.25, 0.3) is 0 Å². The van der Waals surface area contributed by atoms with Crippen LogP contribution in [0.3, 0.4) is 0 Å². The molecule has 1 aliphatic heterocycles. The minimum Gasteiger partial charge on any atom is -0.378 e. The maximum absolute atomic E-state index is 5.75. The first-order valence-corrected chi connectivity index (χ1v) is 7.47. The third-order valence-electron chi connectivity index (χ3n) is 4.25. The Labute approximate surface area is 120 Å². The monoisotopic (exact) mass is 273 g/mol. The Morgan fingerprint density at radius 3 is 3.05 bits per heavy atom. The van der Waals surface area contributed by atoms with Crippen LogP contribution in [0.2, 0.25) is 0 Å². The van der Waals surface area contributed by atoms with Gasteiger partial charge < -0.3 is 10.1 Å². The van der Waals surface area contributed by atoms with Crippen LogP contribution in [-0.4, -0.2) is 35.6 Å². The molecule has 20 heavy (non-hydrogen) atoms. The summed E-state index contributed by atoms with van der Waals surface area (Å²) in [4.78, 5) is 0. The second-order valence-electron chi connectivity index (χ2n) is 5.65. The highest BCUT2D eigenvalue weighted by Gasteiger charge is 2.21. The summed E-state index contributed by atoms with van der Waals surface area (Å²) >= 11 is 0.